The predicted octanol–water partition coefficient (Wildman–Crippen LogP) is 16.8. The number of esters is 2. The van der Waals surface area contributed by atoms with Crippen LogP contribution in [0.15, 0.2) is 36.5 Å². The molecule has 0 aromatic heterocycles. The fourth-order valence-electron chi connectivity index (χ4n) is 7.94. The predicted molar refractivity (Wildman–Crippen MR) is 275 cm³/mol. The van der Waals surface area contributed by atoms with Crippen LogP contribution in [0.2, 0.25) is 0 Å². The lowest BCUT2D eigenvalue weighted by Gasteiger charge is -2.19. The summed E-state index contributed by atoms with van der Waals surface area (Å²) in [4.78, 5) is 35.1. The summed E-state index contributed by atoms with van der Waals surface area (Å²) in [6.07, 6.45) is 60.5. The second kappa shape index (κ2) is 51.6. The minimum absolute atomic E-state index is 0.0549. The van der Waals surface area contributed by atoms with Crippen LogP contribution in [0.25, 0.3) is 0 Å². The van der Waals surface area contributed by atoms with Crippen LogP contribution in [0.4, 0.5) is 0 Å². The van der Waals surface area contributed by atoms with E-state index in [1.54, 1.807) is 0 Å². The van der Waals surface area contributed by atoms with Gasteiger partial charge in [0.1, 0.15) is 6.61 Å². The number of phosphoric ester groups is 1. The highest BCUT2D eigenvalue weighted by atomic mass is 31.2. The first-order valence-corrected chi connectivity index (χ1v) is 29.0. The Morgan fingerprint density at radius 2 is 0.800 bits per heavy atom. The van der Waals surface area contributed by atoms with E-state index in [1.165, 1.54) is 186 Å². The molecule has 0 saturated carbocycles. The van der Waals surface area contributed by atoms with Gasteiger partial charge in [-0.05, 0) is 51.4 Å². The van der Waals surface area contributed by atoms with Crippen molar-refractivity contribution < 1.29 is 37.6 Å². The van der Waals surface area contributed by atoms with Gasteiger partial charge >= 0.3 is 19.8 Å². The third-order valence-corrected chi connectivity index (χ3v) is 13.0. The van der Waals surface area contributed by atoms with Crippen LogP contribution in [0, 0.1) is 0 Å². The summed E-state index contributed by atoms with van der Waals surface area (Å²) in [6.45, 7) is 3.77. The molecular formula is C55H104NO8P. The molecule has 0 aromatic carbocycles. The number of allylic oxidation sites excluding steroid dienone is 6. The van der Waals surface area contributed by atoms with Gasteiger partial charge in [0.25, 0.3) is 0 Å². The minimum Gasteiger partial charge on any atom is -0.462 e. The third kappa shape index (κ3) is 51.5. The lowest BCUT2D eigenvalue weighted by molar-refractivity contribution is -0.161. The number of hydrogen-bond acceptors (Lipinski definition) is 8. The maximum atomic E-state index is 12.7. The van der Waals surface area contributed by atoms with Crippen molar-refractivity contribution in [3.8, 4) is 0 Å². The van der Waals surface area contributed by atoms with E-state index in [1.807, 2.05) is 0 Å². The zero-order valence-electron chi connectivity index (χ0n) is 42.5. The SMILES string of the molecule is CCCCCCC/C=C\C/C=C\C/C=C\CCCCCCCCCCCCCCCCC(=O)OC(COC(=O)CCCCCCCCCCCCCCCCC)COP(=O)(O)OCCN. The molecule has 382 valence electrons. The summed E-state index contributed by atoms with van der Waals surface area (Å²) in [5.41, 5.74) is 5.37. The maximum Gasteiger partial charge on any atom is 0.472 e. The molecule has 0 amide bonds. The van der Waals surface area contributed by atoms with E-state index in [-0.39, 0.29) is 38.6 Å². The second-order valence-corrected chi connectivity index (χ2v) is 19.9. The molecule has 0 fully saturated rings. The van der Waals surface area contributed by atoms with Crippen molar-refractivity contribution in [3.63, 3.8) is 0 Å². The molecule has 65 heavy (non-hydrogen) atoms. The summed E-state index contributed by atoms with van der Waals surface area (Å²) in [7, 11) is -4.38. The molecule has 0 aliphatic carbocycles. The fourth-order valence-corrected chi connectivity index (χ4v) is 8.70. The molecular weight excluding hydrogens is 834 g/mol. The largest absolute Gasteiger partial charge is 0.472 e. The van der Waals surface area contributed by atoms with E-state index in [9.17, 15) is 19.0 Å². The monoisotopic (exact) mass is 938 g/mol. The van der Waals surface area contributed by atoms with Crippen molar-refractivity contribution in [2.24, 2.45) is 5.73 Å². The molecule has 2 unspecified atom stereocenters. The van der Waals surface area contributed by atoms with Crippen molar-refractivity contribution in [1.29, 1.82) is 0 Å². The Kier molecular flexibility index (Phi) is 50.2. The average molecular weight is 938 g/mol. The zero-order valence-corrected chi connectivity index (χ0v) is 43.4. The molecule has 0 rings (SSSR count). The topological polar surface area (TPSA) is 134 Å². The molecule has 2 atom stereocenters. The molecule has 9 nitrogen and oxygen atoms in total. The highest BCUT2D eigenvalue weighted by molar-refractivity contribution is 7.47. The van der Waals surface area contributed by atoms with Crippen LogP contribution in [-0.2, 0) is 32.7 Å². The van der Waals surface area contributed by atoms with E-state index in [4.69, 9.17) is 24.3 Å². The van der Waals surface area contributed by atoms with Crippen molar-refractivity contribution in [1.82, 2.24) is 0 Å². The molecule has 0 saturated heterocycles. The summed E-state index contributed by atoms with van der Waals surface area (Å²) >= 11 is 0. The Hall–Kier alpha value is -1.77. The highest BCUT2D eigenvalue weighted by Gasteiger charge is 2.26. The molecule has 3 N–H and O–H groups in total. The maximum absolute atomic E-state index is 12.7. The van der Waals surface area contributed by atoms with Crippen LogP contribution < -0.4 is 5.73 Å². The smallest absolute Gasteiger partial charge is 0.462 e. The Labute approximate surface area is 401 Å². The van der Waals surface area contributed by atoms with Gasteiger partial charge in [0.2, 0.25) is 0 Å². The number of hydrogen-bond donors (Lipinski definition) is 2. The van der Waals surface area contributed by atoms with E-state index in [0.717, 1.165) is 51.4 Å². The lowest BCUT2D eigenvalue weighted by Crippen LogP contribution is -2.29. The Morgan fingerprint density at radius 3 is 1.18 bits per heavy atom. The number of unbranched alkanes of at least 4 members (excludes halogenated alkanes) is 33. The van der Waals surface area contributed by atoms with Gasteiger partial charge in [0.15, 0.2) is 6.10 Å². The van der Waals surface area contributed by atoms with Crippen molar-refractivity contribution in [3.05, 3.63) is 36.5 Å². The van der Waals surface area contributed by atoms with Gasteiger partial charge < -0.3 is 20.1 Å². The summed E-state index contributed by atoms with van der Waals surface area (Å²) in [6, 6.07) is 0. The standard InChI is InChI=1S/C55H104NO8P/c1-3-5-7-9-11-13-15-17-19-20-21-22-23-24-25-26-27-28-29-30-31-32-34-36-38-40-42-44-46-48-55(58)64-53(52-63-65(59,60)62-50-49-56)51-61-54(57)47-45-43-41-39-37-35-33-18-16-14-12-10-8-6-4-2/h15,17,20-21,23-24,53H,3-14,16,18-19,22,25-52,56H2,1-2H3,(H,59,60)/b17-15-,21-20-,24-23-. The first-order valence-electron chi connectivity index (χ1n) is 27.5. The van der Waals surface area contributed by atoms with Crippen LogP contribution >= 0.6 is 7.82 Å². The third-order valence-electron chi connectivity index (χ3n) is 12.0. The molecule has 0 radical (unpaired) electrons. The van der Waals surface area contributed by atoms with E-state index in [0.29, 0.717) is 6.42 Å². The number of carbonyl (C=O) groups excluding carboxylic acids is 2. The van der Waals surface area contributed by atoms with Crippen LogP contribution in [0.5, 0.6) is 0 Å². The quantitative estimate of drug-likeness (QED) is 0.0264. The first-order chi connectivity index (χ1) is 31.8. The molecule has 0 spiro atoms. The Balaban J connectivity index is 3.94. The lowest BCUT2D eigenvalue weighted by atomic mass is 10.0. The molecule has 0 heterocycles. The molecule has 0 aliphatic heterocycles. The van der Waals surface area contributed by atoms with E-state index in [2.05, 4.69) is 50.3 Å². The Morgan fingerprint density at radius 1 is 0.462 bits per heavy atom. The van der Waals surface area contributed by atoms with Gasteiger partial charge in [0, 0.05) is 19.4 Å². The Bertz CT molecular complexity index is 1160. The van der Waals surface area contributed by atoms with Gasteiger partial charge in [-0.3, -0.25) is 18.6 Å². The summed E-state index contributed by atoms with van der Waals surface area (Å²) < 4.78 is 33.0. The molecule has 0 aromatic rings. The number of nitrogens with two attached hydrogens (primary N) is 1. The number of ether oxygens (including phenoxy) is 2. The minimum atomic E-state index is -4.38. The van der Waals surface area contributed by atoms with Crippen molar-refractivity contribution >= 4 is 19.8 Å². The summed E-state index contributed by atoms with van der Waals surface area (Å²) in [5, 5.41) is 0. The van der Waals surface area contributed by atoms with Crippen molar-refractivity contribution in [2.75, 3.05) is 26.4 Å². The van der Waals surface area contributed by atoms with Gasteiger partial charge in [-0.2, -0.15) is 0 Å². The number of carbonyl (C=O) groups is 2. The average Bonchev–Trinajstić information content (AvgIpc) is 3.30. The number of phosphoric acid groups is 1. The summed E-state index contributed by atoms with van der Waals surface area (Å²) in [5.74, 6) is -0.816. The van der Waals surface area contributed by atoms with Crippen LogP contribution in [-0.4, -0.2) is 49.3 Å². The van der Waals surface area contributed by atoms with Gasteiger partial charge in [0.05, 0.1) is 13.2 Å². The highest BCUT2D eigenvalue weighted by Crippen LogP contribution is 2.43. The van der Waals surface area contributed by atoms with Gasteiger partial charge in [-0.25, -0.2) is 4.57 Å². The fraction of sp³-hybridized carbons (Fsp3) is 0.855. The van der Waals surface area contributed by atoms with Gasteiger partial charge in [-0.15, -0.1) is 0 Å². The molecule has 0 bridgehead atoms. The van der Waals surface area contributed by atoms with Crippen molar-refractivity contribution in [2.45, 2.75) is 277 Å². The normalized spacial score (nSPS) is 13.4. The first kappa shape index (κ1) is 63.2. The molecule has 0 aliphatic rings. The van der Waals surface area contributed by atoms with Gasteiger partial charge in [-0.1, -0.05) is 243 Å². The molecule has 10 heteroatoms. The van der Waals surface area contributed by atoms with E-state index < -0.39 is 26.5 Å². The second-order valence-electron chi connectivity index (χ2n) is 18.5. The van der Waals surface area contributed by atoms with E-state index >= 15 is 0 Å². The zero-order chi connectivity index (χ0) is 47.4. The van der Waals surface area contributed by atoms with Crippen LogP contribution in [0.1, 0.15) is 271 Å². The van der Waals surface area contributed by atoms with Crippen LogP contribution in [0.3, 0.4) is 0 Å². The number of rotatable bonds is 52.